The summed E-state index contributed by atoms with van der Waals surface area (Å²) in [6.07, 6.45) is 0. The largest absolute Gasteiger partial charge is 0.397 e. The third-order valence-electron chi connectivity index (χ3n) is 1.72. The molecular weight excluding hydrogens is 260 g/mol. The second-order valence-corrected chi connectivity index (χ2v) is 3.83. The van der Waals surface area contributed by atoms with Gasteiger partial charge < -0.3 is 15.8 Å². The van der Waals surface area contributed by atoms with Crippen LogP contribution in [-0.2, 0) is 9.53 Å². The molecule has 0 spiro atoms. The molecule has 0 fully saturated rings. The Kier molecular flexibility index (Phi) is 4.58. The van der Waals surface area contributed by atoms with Gasteiger partial charge in [-0.15, -0.1) is 0 Å². The normalized spacial score (nSPS) is 10.0. The summed E-state index contributed by atoms with van der Waals surface area (Å²) in [5, 5.41) is 2.66. The Morgan fingerprint density at radius 2 is 2.33 bits per heavy atom. The SMILES string of the molecule is CCOCC(=O)Nc1ccc(Br)cc1N. The molecule has 3 N–H and O–H groups in total. The summed E-state index contributed by atoms with van der Waals surface area (Å²) in [6.45, 7) is 2.40. The molecule has 0 aliphatic carbocycles. The van der Waals surface area contributed by atoms with Crippen LogP contribution in [0, 0.1) is 0 Å². The van der Waals surface area contributed by atoms with E-state index in [1.54, 1.807) is 12.1 Å². The molecule has 0 aromatic heterocycles. The van der Waals surface area contributed by atoms with E-state index in [2.05, 4.69) is 21.2 Å². The van der Waals surface area contributed by atoms with Crippen LogP contribution in [0.5, 0.6) is 0 Å². The van der Waals surface area contributed by atoms with Crippen molar-refractivity contribution in [2.24, 2.45) is 0 Å². The number of halogens is 1. The first kappa shape index (κ1) is 12.0. The number of nitrogens with one attached hydrogen (secondary N) is 1. The summed E-state index contributed by atoms with van der Waals surface area (Å²) in [6, 6.07) is 5.28. The van der Waals surface area contributed by atoms with Crippen LogP contribution in [-0.4, -0.2) is 19.1 Å². The molecule has 1 aromatic rings. The summed E-state index contributed by atoms with van der Waals surface area (Å²) < 4.78 is 5.85. The van der Waals surface area contributed by atoms with Crippen molar-refractivity contribution < 1.29 is 9.53 Å². The average Bonchev–Trinajstić information content (AvgIpc) is 2.19. The van der Waals surface area contributed by atoms with Crippen molar-refractivity contribution in [1.82, 2.24) is 0 Å². The lowest BCUT2D eigenvalue weighted by Gasteiger charge is -2.08. The summed E-state index contributed by atoms with van der Waals surface area (Å²) >= 11 is 3.29. The highest BCUT2D eigenvalue weighted by atomic mass is 79.9. The molecule has 1 rings (SSSR count). The summed E-state index contributed by atoms with van der Waals surface area (Å²) in [5.74, 6) is -0.203. The number of carbonyl (C=O) groups excluding carboxylic acids is 1. The molecule has 0 saturated carbocycles. The molecule has 0 heterocycles. The molecule has 82 valence electrons. The molecule has 15 heavy (non-hydrogen) atoms. The maximum absolute atomic E-state index is 11.3. The van der Waals surface area contributed by atoms with E-state index in [0.717, 1.165) is 4.47 Å². The van der Waals surface area contributed by atoms with Crippen molar-refractivity contribution in [2.75, 3.05) is 24.3 Å². The fourth-order valence-electron chi connectivity index (χ4n) is 1.03. The zero-order chi connectivity index (χ0) is 11.3. The first-order chi connectivity index (χ1) is 7.13. The average molecular weight is 273 g/mol. The number of benzene rings is 1. The number of amides is 1. The van der Waals surface area contributed by atoms with Crippen LogP contribution in [0.4, 0.5) is 11.4 Å². The number of nitrogens with two attached hydrogens (primary N) is 1. The number of anilines is 2. The molecule has 4 nitrogen and oxygen atoms in total. The van der Waals surface area contributed by atoms with E-state index in [-0.39, 0.29) is 12.5 Å². The van der Waals surface area contributed by atoms with E-state index >= 15 is 0 Å². The predicted octanol–water partition coefficient (Wildman–Crippen LogP) is 2.01. The highest BCUT2D eigenvalue weighted by Gasteiger charge is 2.04. The van der Waals surface area contributed by atoms with Gasteiger partial charge >= 0.3 is 0 Å². The minimum atomic E-state index is -0.203. The number of rotatable bonds is 4. The smallest absolute Gasteiger partial charge is 0.250 e. The Morgan fingerprint density at radius 1 is 1.60 bits per heavy atom. The van der Waals surface area contributed by atoms with Crippen LogP contribution in [0.25, 0.3) is 0 Å². The molecule has 1 amide bonds. The van der Waals surface area contributed by atoms with Gasteiger partial charge in [-0.05, 0) is 25.1 Å². The Balaban J connectivity index is 2.60. The number of carbonyl (C=O) groups is 1. The fraction of sp³-hybridized carbons (Fsp3) is 0.300. The van der Waals surface area contributed by atoms with Crippen molar-refractivity contribution >= 4 is 33.2 Å². The Hall–Kier alpha value is -1.07. The van der Waals surface area contributed by atoms with Crippen molar-refractivity contribution in [1.29, 1.82) is 0 Å². The van der Waals surface area contributed by atoms with Gasteiger partial charge in [-0.25, -0.2) is 0 Å². The maximum atomic E-state index is 11.3. The van der Waals surface area contributed by atoms with E-state index in [1.165, 1.54) is 0 Å². The minimum absolute atomic E-state index is 0.0476. The summed E-state index contributed by atoms with van der Waals surface area (Å²) in [5.41, 5.74) is 6.84. The number of hydrogen-bond donors (Lipinski definition) is 2. The molecule has 0 unspecified atom stereocenters. The molecule has 0 radical (unpaired) electrons. The molecule has 5 heteroatoms. The van der Waals surface area contributed by atoms with Gasteiger partial charge in [0.05, 0.1) is 11.4 Å². The maximum Gasteiger partial charge on any atom is 0.250 e. The minimum Gasteiger partial charge on any atom is -0.397 e. The second kappa shape index (κ2) is 5.72. The van der Waals surface area contributed by atoms with Crippen LogP contribution in [0.15, 0.2) is 22.7 Å². The second-order valence-electron chi connectivity index (χ2n) is 2.92. The van der Waals surface area contributed by atoms with Gasteiger partial charge in [0.25, 0.3) is 0 Å². The molecule has 0 aliphatic heterocycles. The lowest BCUT2D eigenvalue weighted by Crippen LogP contribution is -2.18. The molecule has 0 bridgehead atoms. The van der Waals surface area contributed by atoms with Gasteiger partial charge in [0.1, 0.15) is 6.61 Å². The predicted molar refractivity (Wildman–Crippen MR) is 63.7 cm³/mol. The summed E-state index contributed by atoms with van der Waals surface area (Å²) in [7, 11) is 0. The molecule has 1 aromatic carbocycles. The van der Waals surface area contributed by atoms with Gasteiger partial charge in [0.15, 0.2) is 0 Å². The van der Waals surface area contributed by atoms with Crippen LogP contribution >= 0.6 is 15.9 Å². The zero-order valence-electron chi connectivity index (χ0n) is 8.42. The quantitative estimate of drug-likeness (QED) is 0.825. The number of ether oxygens (including phenoxy) is 1. The van der Waals surface area contributed by atoms with Gasteiger partial charge in [0.2, 0.25) is 5.91 Å². The van der Waals surface area contributed by atoms with Crippen molar-refractivity contribution in [2.45, 2.75) is 6.92 Å². The van der Waals surface area contributed by atoms with Crippen molar-refractivity contribution in [3.8, 4) is 0 Å². The topological polar surface area (TPSA) is 64.3 Å². The van der Waals surface area contributed by atoms with Crippen molar-refractivity contribution in [3.05, 3.63) is 22.7 Å². The highest BCUT2D eigenvalue weighted by Crippen LogP contribution is 2.22. The van der Waals surface area contributed by atoms with Crippen LogP contribution in [0.2, 0.25) is 0 Å². The standard InChI is InChI=1S/C10H13BrN2O2/c1-2-15-6-10(14)13-9-4-3-7(11)5-8(9)12/h3-5H,2,6,12H2,1H3,(H,13,14). The van der Waals surface area contributed by atoms with Crippen molar-refractivity contribution in [3.63, 3.8) is 0 Å². The van der Waals surface area contributed by atoms with Gasteiger partial charge in [-0.3, -0.25) is 4.79 Å². The Labute approximate surface area is 96.9 Å². The Bertz CT molecular complexity index is 355. The van der Waals surface area contributed by atoms with E-state index in [9.17, 15) is 4.79 Å². The summed E-state index contributed by atoms with van der Waals surface area (Å²) in [4.78, 5) is 11.3. The third kappa shape index (κ3) is 3.89. The molecule has 0 aliphatic rings. The monoisotopic (exact) mass is 272 g/mol. The highest BCUT2D eigenvalue weighted by molar-refractivity contribution is 9.10. The van der Waals surface area contributed by atoms with Crippen LogP contribution in [0.3, 0.4) is 0 Å². The van der Waals surface area contributed by atoms with Crippen LogP contribution < -0.4 is 11.1 Å². The molecule has 0 saturated heterocycles. The fourth-order valence-corrected chi connectivity index (χ4v) is 1.41. The van der Waals surface area contributed by atoms with Gasteiger partial charge in [-0.2, -0.15) is 0 Å². The van der Waals surface area contributed by atoms with Gasteiger partial charge in [0, 0.05) is 11.1 Å². The molecular formula is C10H13BrN2O2. The number of hydrogen-bond acceptors (Lipinski definition) is 3. The zero-order valence-corrected chi connectivity index (χ0v) is 10.0. The van der Waals surface area contributed by atoms with E-state index in [1.807, 2.05) is 13.0 Å². The lowest BCUT2D eigenvalue weighted by atomic mass is 10.2. The van der Waals surface area contributed by atoms with E-state index < -0.39 is 0 Å². The lowest BCUT2D eigenvalue weighted by molar-refractivity contribution is -0.120. The van der Waals surface area contributed by atoms with E-state index in [0.29, 0.717) is 18.0 Å². The van der Waals surface area contributed by atoms with Gasteiger partial charge in [-0.1, -0.05) is 15.9 Å². The first-order valence-electron chi connectivity index (χ1n) is 4.56. The Morgan fingerprint density at radius 3 is 2.93 bits per heavy atom. The first-order valence-corrected chi connectivity index (χ1v) is 5.35. The molecule has 0 atom stereocenters. The van der Waals surface area contributed by atoms with Crippen LogP contribution in [0.1, 0.15) is 6.92 Å². The van der Waals surface area contributed by atoms with E-state index in [4.69, 9.17) is 10.5 Å². The number of nitrogen functional groups attached to an aromatic ring is 1. The third-order valence-corrected chi connectivity index (χ3v) is 2.22.